The Morgan fingerprint density at radius 2 is 1.80 bits per heavy atom. The minimum absolute atomic E-state index is 0.0246. The van der Waals surface area contributed by atoms with Gasteiger partial charge in [0.1, 0.15) is 0 Å². The number of carbonyl (C=O) groups excluding carboxylic acids is 1. The molecule has 2 aliphatic heterocycles. The van der Waals surface area contributed by atoms with Gasteiger partial charge in [-0.15, -0.1) is 0 Å². The van der Waals surface area contributed by atoms with Crippen LogP contribution in [0.2, 0.25) is 5.02 Å². The molecule has 0 amide bonds. The first-order valence-electron chi connectivity index (χ1n) is 9.37. The average molecular weight is 453 g/mol. The third kappa shape index (κ3) is 4.11. The molecule has 8 nitrogen and oxygen atoms in total. The van der Waals surface area contributed by atoms with Crippen LogP contribution in [0.15, 0.2) is 41.3 Å². The molecule has 2 heterocycles. The van der Waals surface area contributed by atoms with Crippen molar-refractivity contribution in [3.05, 3.63) is 52.5 Å². The van der Waals surface area contributed by atoms with E-state index in [0.717, 1.165) is 17.1 Å². The van der Waals surface area contributed by atoms with Crippen LogP contribution in [-0.4, -0.2) is 63.7 Å². The Kier molecular flexibility index (Phi) is 5.88. The van der Waals surface area contributed by atoms with Gasteiger partial charge in [-0.3, -0.25) is 4.90 Å². The van der Waals surface area contributed by atoms with Gasteiger partial charge in [0.2, 0.25) is 16.8 Å². The van der Waals surface area contributed by atoms with Crippen molar-refractivity contribution in [1.29, 1.82) is 0 Å². The van der Waals surface area contributed by atoms with E-state index in [-0.39, 0.29) is 22.3 Å². The van der Waals surface area contributed by atoms with Crippen molar-refractivity contribution in [3.8, 4) is 11.5 Å². The second-order valence-corrected chi connectivity index (χ2v) is 9.35. The van der Waals surface area contributed by atoms with Gasteiger partial charge in [-0.2, -0.15) is 4.31 Å². The summed E-state index contributed by atoms with van der Waals surface area (Å²) >= 11 is 6.00. The van der Waals surface area contributed by atoms with E-state index < -0.39 is 16.0 Å². The molecule has 0 aromatic heterocycles. The fourth-order valence-corrected chi connectivity index (χ4v) is 5.15. The lowest BCUT2D eigenvalue weighted by Crippen LogP contribution is -2.48. The number of benzene rings is 2. The largest absolute Gasteiger partial charge is 0.465 e. The lowest BCUT2D eigenvalue weighted by atomic mass is 10.2. The Balaban J connectivity index is 1.42. The van der Waals surface area contributed by atoms with Crippen molar-refractivity contribution in [3.63, 3.8) is 0 Å². The highest BCUT2D eigenvalue weighted by atomic mass is 35.5. The number of carbonyl (C=O) groups is 1. The Bertz CT molecular complexity index is 1070. The van der Waals surface area contributed by atoms with Crippen LogP contribution in [0, 0.1) is 0 Å². The summed E-state index contributed by atoms with van der Waals surface area (Å²) in [6.45, 7) is 2.80. The summed E-state index contributed by atoms with van der Waals surface area (Å²) in [5.41, 5.74) is 1.11. The van der Waals surface area contributed by atoms with Crippen LogP contribution in [0.3, 0.4) is 0 Å². The van der Waals surface area contributed by atoms with Crippen LogP contribution < -0.4 is 9.47 Å². The molecule has 160 valence electrons. The van der Waals surface area contributed by atoms with E-state index >= 15 is 0 Å². The van der Waals surface area contributed by atoms with E-state index in [0.29, 0.717) is 32.7 Å². The lowest BCUT2D eigenvalue weighted by Gasteiger charge is -2.34. The summed E-state index contributed by atoms with van der Waals surface area (Å²) in [5, 5.41) is 0.148. The van der Waals surface area contributed by atoms with Crippen LogP contribution in [-0.2, 0) is 21.3 Å². The SMILES string of the molecule is COC(=O)c1cc(S(=O)(=O)N2CCN(Cc3ccc4c(c3)OCO4)CC2)ccc1Cl. The number of hydrogen-bond donors (Lipinski definition) is 0. The molecule has 30 heavy (non-hydrogen) atoms. The number of esters is 1. The maximum absolute atomic E-state index is 13.0. The fraction of sp³-hybridized carbons (Fsp3) is 0.350. The highest BCUT2D eigenvalue weighted by molar-refractivity contribution is 7.89. The number of methoxy groups -OCH3 is 1. The summed E-state index contributed by atoms with van der Waals surface area (Å²) in [6, 6.07) is 9.89. The molecule has 1 fully saturated rings. The van der Waals surface area contributed by atoms with E-state index in [1.807, 2.05) is 18.2 Å². The topological polar surface area (TPSA) is 85.4 Å². The van der Waals surface area contributed by atoms with Gasteiger partial charge in [-0.05, 0) is 35.9 Å². The third-order valence-corrected chi connectivity index (χ3v) is 7.38. The Labute approximate surface area is 179 Å². The Morgan fingerprint density at radius 3 is 2.53 bits per heavy atom. The Morgan fingerprint density at radius 1 is 1.07 bits per heavy atom. The number of sulfonamides is 1. The summed E-state index contributed by atoms with van der Waals surface area (Å²) in [7, 11) is -2.52. The van der Waals surface area contributed by atoms with Crippen molar-refractivity contribution >= 4 is 27.6 Å². The number of fused-ring (bicyclic) bond motifs is 1. The molecule has 0 radical (unpaired) electrons. The van der Waals surface area contributed by atoms with Gasteiger partial charge in [-0.1, -0.05) is 17.7 Å². The van der Waals surface area contributed by atoms with E-state index in [1.165, 1.54) is 29.6 Å². The molecular weight excluding hydrogens is 432 g/mol. The first kappa shape index (κ1) is 20.9. The number of rotatable bonds is 5. The van der Waals surface area contributed by atoms with Crippen molar-refractivity contribution < 1.29 is 27.4 Å². The maximum atomic E-state index is 13.0. The van der Waals surface area contributed by atoms with Gasteiger partial charge < -0.3 is 14.2 Å². The number of nitrogens with zero attached hydrogens (tertiary/aromatic N) is 2. The molecule has 0 saturated carbocycles. The molecule has 0 atom stereocenters. The summed E-state index contributed by atoms with van der Waals surface area (Å²) in [4.78, 5) is 14.0. The molecule has 0 N–H and O–H groups in total. The van der Waals surface area contributed by atoms with E-state index in [9.17, 15) is 13.2 Å². The van der Waals surface area contributed by atoms with Crippen LogP contribution in [0.5, 0.6) is 11.5 Å². The molecule has 0 bridgehead atoms. The van der Waals surface area contributed by atoms with Gasteiger partial charge in [0, 0.05) is 32.7 Å². The van der Waals surface area contributed by atoms with E-state index in [4.69, 9.17) is 21.1 Å². The zero-order valence-electron chi connectivity index (χ0n) is 16.3. The van der Waals surface area contributed by atoms with Crippen LogP contribution in [0.1, 0.15) is 15.9 Å². The van der Waals surface area contributed by atoms with Crippen molar-refractivity contribution in [2.24, 2.45) is 0 Å². The minimum Gasteiger partial charge on any atom is -0.465 e. The first-order valence-corrected chi connectivity index (χ1v) is 11.2. The van der Waals surface area contributed by atoms with Crippen LogP contribution in [0.25, 0.3) is 0 Å². The fourth-order valence-electron chi connectivity index (χ4n) is 3.51. The predicted molar refractivity (Wildman–Crippen MR) is 109 cm³/mol. The maximum Gasteiger partial charge on any atom is 0.339 e. The molecule has 2 aromatic carbocycles. The third-order valence-electron chi connectivity index (χ3n) is 5.16. The molecule has 4 rings (SSSR count). The number of hydrogen-bond acceptors (Lipinski definition) is 7. The number of ether oxygens (including phenoxy) is 3. The lowest BCUT2D eigenvalue weighted by molar-refractivity contribution is 0.0600. The minimum atomic E-state index is -3.74. The summed E-state index contributed by atoms with van der Waals surface area (Å²) < 4.78 is 42.9. The van der Waals surface area contributed by atoms with Gasteiger partial charge in [0.15, 0.2) is 11.5 Å². The molecule has 2 aromatic rings. The van der Waals surface area contributed by atoms with Gasteiger partial charge in [0.05, 0.1) is 22.6 Å². The quantitative estimate of drug-likeness (QED) is 0.644. The van der Waals surface area contributed by atoms with Crippen LogP contribution >= 0.6 is 11.6 Å². The highest BCUT2D eigenvalue weighted by Gasteiger charge is 2.30. The molecule has 0 spiro atoms. The highest BCUT2D eigenvalue weighted by Crippen LogP contribution is 2.33. The first-order chi connectivity index (χ1) is 14.4. The zero-order chi connectivity index (χ0) is 21.3. The predicted octanol–water partition coefficient (Wildman–Crippen LogP) is 2.36. The number of halogens is 1. The van der Waals surface area contributed by atoms with Crippen molar-refractivity contribution in [2.45, 2.75) is 11.4 Å². The van der Waals surface area contributed by atoms with E-state index in [2.05, 4.69) is 9.64 Å². The van der Waals surface area contributed by atoms with E-state index in [1.54, 1.807) is 0 Å². The normalized spacial score (nSPS) is 17.1. The van der Waals surface area contributed by atoms with Crippen molar-refractivity contribution in [2.75, 3.05) is 40.1 Å². The molecular formula is C20H21ClN2O6S. The van der Waals surface area contributed by atoms with Crippen LogP contribution in [0.4, 0.5) is 0 Å². The monoisotopic (exact) mass is 452 g/mol. The average Bonchev–Trinajstić information content (AvgIpc) is 3.21. The van der Waals surface area contributed by atoms with Crippen molar-refractivity contribution in [1.82, 2.24) is 9.21 Å². The Hall–Kier alpha value is -2.33. The number of piperazine rings is 1. The molecule has 0 aliphatic carbocycles. The second-order valence-electron chi connectivity index (χ2n) is 7.00. The molecule has 1 saturated heterocycles. The molecule has 2 aliphatic rings. The molecule has 0 unspecified atom stereocenters. The van der Waals surface area contributed by atoms with Gasteiger partial charge >= 0.3 is 5.97 Å². The smallest absolute Gasteiger partial charge is 0.339 e. The standard InChI is InChI=1S/C20H21ClN2O6S/c1-27-20(24)16-11-15(3-4-17(16)21)30(25,26)23-8-6-22(7-9-23)12-14-2-5-18-19(10-14)29-13-28-18/h2-5,10-11H,6-9,12-13H2,1H3. The van der Waals surface area contributed by atoms with Gasteiger partial charge in [0.25, 0.3) is 0 Å². The summed E-state index contributed by atoms with van der Waals surface area (Å²) in [6.07, 6.45) is 0. The zero-order valence-corrected chi connectivity index (χ0v) is 17.9. The summed E-state index contributed by atoms with van der Waals surface area (Å²) in [5.74, 6) is 0.799. The second kappa shape index (κ2) is 8.43. The van der Waals surface area contributed by atoms with Gasteiger partial charge in [-0.25, -0.2) is 13.2 Å². The molecule has 10 heteroatoms.